The largest absolute Gasteiger partial charge is 0.393 e. The molecule has 0 aliphatic rings. The van der Waals surface area contributed by atoms with Gasteiger partial charge >= 0.3 is 11.9 Å². The van der Waals surface area contributed by atoms with Crippen molar-refractivity contribution in [1.82, 2.24) is 0 Å². The monoisotopic (exact) mass is 518 g/mol. The molecule has 0 bridgehead atoms. The van der Waals surface area contributed by atoms with Gasteiger partial charge in [0, 0.05) is 12.8 Å². The van der Waals surface area contributed by atoms with Crippen molar-refractivity contribution in [2.24, 2.45) is 0 Å². The van der Waals surface area contributed by atoms with Gasteiger partial charge < -0.3 is 4.74 Å². The molecule has 216 valence electrons. The molecular weight excluding hydrogens is 456 g/mol. The van der Waals surface area contributed by atoms with Crippen LogP contribution in [0.1, 0.15) is 181 Å². The van der Waals surface area contributed by atoms with E-state index < -0.39 is 0 Å². The third kappa shape index (κ3) is 30.7. The van der Waals surface area contributed by atoms with Crippen molar-refractivity contribution in [1.29, 1.82) is 0 Å². The molecule has 0 aromatic rings. The summed E-state index contributed by atoms with van der Waals surface area (Å²) in [5, 5.41) is 0. The van der Waals surface area contributed by atoms with Crippen molar-refractivity contribution in [3.05, 3.63) is 24.3 Å². The Kier molecular flexibility index (Phi) is 29.7. The zero-order chi connectivity index (χ0) is 27.1. The average molecular weight is 519 g/mol. The lowest BCUT2D eigenvalue weighted by Crippen LogP contribution is -2.11. The van der Waals surface area contributed by atoms with E-state index in [4.69, 9.17) is 4.74 Å². The maximum absolute atomic E-state index is 11.9. The number of carbonyl (C=O) groups is 2. The van der Waals surface area contributed by atoms with E-state index in [1.165, 1.54) is 116 Å². The molecule has 0 spiro atoms. The van der Waals surface area contributed by atoms with Gasteiger partial charge in [0.2, 0.25) is 0 Å². The molecule has 0 amide bonds. The molecule has 0 unspecified atom stereocenters. The van der Waals surface area contributed by atoms with Gasteiger partial charge in [0.1, 0.15) is 0 Å². The normalized spacial score (nSPS) is 11.6. The number of allylic oxidation sites excluding steroid dienone is 4. The molecule has 37 heavy (non-hydrogen) atoms. The number of esters is 2. The molecule has 0 rings (SSSR count). The third-order valence-electron chi connectivity index (χ3n) is 7.01. The first kappa shape index (κ1) is 35.6. The smallest absolute Gasteiger partial charge is 0.313 e. The number of unbranched alkanes of at least 4 members (excludes halogenated alkanes) is 20. The Labute approximate surface area is 231 Å². The zero-order valence-corrected chi connectivity index (χ0v) is 24.9. The van der Waals surface area contributed by atoms with Gasteiger partial charge in [-0.2, -0.15) is 0 Å². The molecule has 0 saturated carbocycles. The van der Waals surface area contributed by atoms with Crippen LogP contribution in [0.3, 0.4) is 0 Å². The van der Waals surface area contributed by atoms with Crippen LogP contribution in [-0.4, -0.2) is 11.9 Å². The number of carbonyl (C=O) groups excluding carboxylic acids is 2. The topological polar surface area (TPSA) is 43.4 Å². The molecule has 0 aliphatic carbocycles. The minimum absolute atomic E-state index is 0.343. The molecule has 0 atom stereocenters. The van der Waals surface area contributed by atoms with E-state index in [9.17, 15) is 9.59 Å². The fraction of sp³-hybridized carbons (Fsp3) is 0.824. The predicted octanol–water partition coefficient (Wildman–Crippen LogP) is 11.4. The highest BCUT2D eigenvalue weighted by molar-refractivity contribution is 5.85. The Balaban J connectivity index is 3.37. The summed E-state index contributed by atoms with van der Waals surface area (Å²) in [4.78, 5) is 23.7. The molecule has 0 aromatic heterocycles. The van der Waals surface area contributed by atoms with E-state index >= 15 is 0 Å². The summed E-state index contributed by atoms with van der Waals surface area (Å²) in [7, 11) is 0. The Bertz CT molecular complexity index is 549. The fourth-order valence-corrected chi connectivity index (χ4v) is 4.56. The second kappa shape index (κ2) is 30.8. The van der Waals surface area contributed by atoms with E-state index in [1.54, 1.807) is 0 Å². The van der Waals surface area contributed by atoms with Crippen molar-refractivity contribution in [2.45, 2.75) is 181 Å². The molecule has 0 aliphatic heterocycles. The van der Waals surface area contributed by atoms with E-state index in [2.05, 4.69) is 38.2 Å². The van der Waals surface area contributed by atoms with Crippen LogP contribution in [0.25, 0.3) is 0 Å². The van der Waals surface area contributed by atoms with Gasteiger partial charge in [0.05, 0.1) is 0 Å². The minimum atomic E-state index is -0.344. The molecule has 0 N–H and O–H groups in total. The van der Waals surface area contributed by atoms with E-state index in [0.717, 1.165) is 38.5 Å². The highest BCUT2D eigenvalue weighted by atomic mass is 16.6. The number of hydrogen-bond donors (Lipinski definition) is 0. The maximum Gasteiger partial charge on any atom is 0.313 e. The van der Waals surface area contributed by atoms with Gasteiger partial charge in [0.15, 0.2) is 0 Å². The molecule has 0 saturated heterocycles. The van der Waals surface area contributed by atoms with E-state index in [-0.39, 0.29) is 11.9 Å². The van der Waals surface area contributed by atoms with Crippen LogP contribution in [0.2, 0.25) is 0 Å². The van der Waals surface area contributed by atoms with Gasteiger partial charge in [-0.05, 0) is 64.2 Å². The van der Waals surface area contributed by atoms with Crippen molar-refractivity contribution in [3.63, 3.8) is 0 Å². The summed E-state index contributed by atoms with van der Waals surface area (Å²) < 4.78 is 4.98. The van der Waals surface area contributed by atoms with Gasteiger partial charge in [-0.25, -0.2) is 0 Å². The van der Waals surface area contributed by atoms with Gasteiger partial charge in [-0.1, -0.05) is 128 Å². The lowest BCUT2D eigenvalue weighted by Gasteiger charge is -2.04. The van der Waals surface area contributed by atoms with Crippen LogP contribution in [0.5, 0.6) is 0 Å². The Morgan fingerprint density at radius 1 is 0.405 bits per heavy atom. The third-order valence-corrected chi connectivity index (χ3v) is 7.01. The molecule has 0 aromatic carbocycles. The summed E-state index contributed by atoms with van der Waals surface area (Å²) >= 11 is 0. The number of rotatable bonds is 28. The maximum atomic E-state index is 11.9. The van der Waals surface area contributed by atoms with Crippen molar-refractivity contribution >= 4 is 11.9 Å². The molecule has 3 heteroatoms. The van der Waals surface area contributed by atoms with Crippen LogP contribution in [-0.2, 0) is 14.3 Å². The second-order valence-electron chi connectivity index (χ2n) is 10.8. The lowest BCUT2D eigenvalue weighted by atomic mass is 10.1. The van der Waals surface area contributed by atoms with Crippen LogP contribution in [0.4, 0.5) is 0 Å². The van der Waals surface area contributed by atoms with E-state index in [1.807, 2.05) is 0 Å². The van der Waals surface area contributed by atoms with E-state index in [0.29, 0.717) is 12.8 Å². The van der Waals surface area contributed by atoms with Crippen molar-refractivity contribution < 1.29 is 14.3 Å². The summed E-state index contributed by atoms with van der Waals surface area (Å²) in [6.07, 6.45) is 39.3. The second-order valence-corrected chi connectivity index (χ2v) is 10.8. The zero-order valence-electron chi connectivity index (χ0n) is 24.9. The summed E-state index contributed by atoms with van der Waals surface area (Å²) in [6, 6.07) is 0. The molecule has 0 radical (unpaired) electrons. The molecule has 3 nitrogen and oxygen atoms in total. The Morgan fingerprint density at radius 3 is 1.03 bits per heavy atom. The first-order chi connectivity index (χ1) is 18.2. The molecular formula is C34H62O3. The quantitative estimate of drug-likeness (QED) is 0.0447. The predicted molar refractivity (Wildman–Crippen MR) is 161 cm³/mol. The van der Waals surface area contributed by atoms with Crippen LogP contribution >= 0.6 is 0 Å². The van der Waals surface area contributed by atoms with Gasteiger partial charge in [-0.3, -0.25) is 9.59 Å². The average Bonchev–Trinajstić information content (AvgIpc) is 2.89. The highest BCUT2D eigenvalue weighted by Crippen LogP contribution is 2.12. The Morgan fingerprint density at radius 2 is 0.676 bits per heavy atom. The standard InChI is InChI=1S/C34H62O3/c1-3-5-7-9-11-13-15-17-18-20-22-24-26-28-30-32-34(36)37-33(35)31-29-27-25-23-21-19-16-14-12-10-8-6-4-2/h14,16-18H,3-13,15,19-32H2,1-2H3/b16-14?,18-17-. The first-order valence-electron chi connectivity index (χ1n) is 16.2. The Hall–Kier alpha value is -1.38. The summed E-state index contributed by atoms with van der Waals surface area (Å²) in [5.41, 5.74) is 0. The summed E-state index contributed by atoms with van der Waals surface area (Å²) in [5.74, 6) is -0.687. The fourth-order valence-electron chi connectivity index (χ4n) is 4.56. The summed E-state index contributed by atoms with van der Waals surface area (Å²) in [6.45, 7) is 4.51. The molecule has 0 fully saturated rings. The number of ether oxygens (including phenoxy) is 1. The molecule has 0 heterocycles. The minimum Gasteiger partial charge on any atom is -0.393 e. The van der Waals surface area contributed by atoms with Crippen molar-refractivity contribution in [2.75, 3.05) is 0 Å². The van der Waals surface area contributed by atoms with Crippen LogP contribution < -0.4 is 0 Å². The number of hydrogen-bond acceptors (Lipinski definition) is 3. The van der Waals surface area contributed by atoms with Gasteiger partial charge in [0.25, 0.3) is 0 Å². The van der Waals surface area contributed by atoms with Crippen molar-refractivity contribution in [3.8, 4) is 0 Å². The first-order valence-corrected chi connectivity index (χ1v) is 16.2. The van der Waals surface area contributed by atoms with Gasteiger partial charge in [-0.15, -0.1) is 0 Å². The lowest BCUT2D eigenvalue weighted by molar-refractivity contribution is -0.159. The highest BCUT2D eigenvalue weighted by Gasteiger charge is 2.09. The van der Waals surface area contributed by atoms with Crippen LogP contribution in [0.15, 0.2) is 24.3 Å². The SMILES string of the molecule is CCCCCCC=CCCCCCCCC(=O)OC(=O)CCCCCCC/C=C\CCCCCCCC. The van der Waals surface area contributed by atoms with Crippen LogP contribution in [0, 0.1) is 0 Å².